The van der Waals surface area contributed by atoms with E-state index in [1.807, 2.05) is 55.5 Å². The molecule has 4 rings (SSSR count). The molecular formula is C19H15ClN2O. The normalized spacial score (nSPS) is 11.2. The Morgan fingerprint density at radius 3 is 2.70 bits per heavy atom. The maximum Gasteiger partial charge on any atom is 0.177 e. The van der Waals surface area contributed by atoms with E-state index >= 15 is 0 Å². The quantitative estimate of drug-likeness (QED) is 0.512. The van der Waals surface area contributed by atoms with Crippen LogP contribution in [-0.2, 0) is 6.54 Å². The molecule has 2 heterocycles. The monoisotopic (exact) mass is 322 g/mol. The van der Waals surface area contributed by atoms with Crippen molar-refractivity contribution in [3.05, 3.63) is 77.0 Å². The number of nitrogens with zero attached hydrogens (tertiary/aromatic N) is 2. The maximum atomic E-state index is 6.12. The summed E-state index contributed by atoms with van der Waals surface area (Å²) < 4.78 is 7.96. The molecule has 3 nitrogen and oxygen atoms in total. The van der Waals surface area contributed by atoms with E-state index in [0.29, 0.717) is 6.54 Å². The van der Waals surface area contributed by atoms with Crippen molar-refractivity contribution >= 4 is 22.6 Å². The highest BCUT2D eigenvalue weighted by Gasteiger charge is 2.15. The van der Waals surface area contributed by atoms with Gasteiger partial charge in [0.05, 0.1) is 11.0 Å². The first-order valence-electron chi connectivity index (χ1n) is 7.47. The second kappa shape index (κ2) is 5.60. The molecule has 0 atom stereocenters. The minimum Gasteiger partial charge on any atom is -0.458 e. The molecule has 0 fully saturated rings. The molecule has 0 aliphatic carbocycles. The Labute approximate surface area is 139 Å². The third-order valence-corrected chi connectivity index (χ3v) is 4.08. The van der Waals surface area contributed by atoms with E-state index in [9.17, 15) is 0 Å². The summed E-state index contributed by atoms with van der Waals surface area (Å²) in [6, 6.07) is 19.9. The lowest BCUT2D eigenvalue weighted by Gasteiger charge is -2.08. The second-order valence-corrected chi connectivity index (χ2v) is 5.99. The van der Waals surface area contributed by atoms with Gasteiger partial charge in [-0.15, -0.1) is 0 Å². The molecule has 0 unspecified atom stereocenters. The zero-order valence-corrected chi connectivity index (χ0v) is 13.4. The SMILES string of the molecule is Cc1ccc(-c2nc3ccccc3n2Cc2cccc(Cl)c2)o1. The minimum absolute atomic E-state index is 0.691. The van der Waals surface area contributed by atoms with Gasteiger partial charge in [0.15, 0.2) is 11.6 Å². The van der Waals surface area contributed by atoms with Crippen LogP contribution in [0.5, 0.6) is 0 Å². The number of hydrogen-bond donors (Lipinski definition) is 0. The summed E-state index contributed by atoms with van der Waals surface area (Å²) in [4.78, 5) is 4.75. The first kappa shape index (κ1) is 14.1. The third-order valence-electron chi connectivity index (χ3n) is 3.85. The molecule has 4 aromatic rings. The van der Waals surface area contributed by atoms with Gasteiger partial charge in [-0.3, -0.25) is 0 Å². The van der Waals surface area contributed by atoms with Crippen molar-refractivity contribution < 1.29 is 4.42 Å². The summed E-state index contributed by atoms with van der Waals surface area (Å²) in [7, 11) is 0. The molecule has 2 aromatic heterocycles. The molecule has 114 valence electrons. The van der Waals surface area contributed by atoms with Crippen LogP contribution in [0, 0.1) is 6.92 Å². The van der Waals surface area contributed by atoms with Crippen LogP contribution in [0.3, 0.4) is 0 Å². The van der Waals surface area contributed by atoms with Crippen LogP contribution < -0.4 is 0 Å². The van der Waals surface area contributed by atoms with E-state index in [1.165, 1.54) is 0 Å². The highest BCUT2D eigenvalue weighted by molar-refractivity contribution is 6.30. The van der Waals surface area contributed by atoms with Crippen LogP contribution >= 0.6 is 11.6 Å². The smallest absolute Gasteiger partial charge is 0.177 e. The van der Waals surface area contributed by atoms with E-state index < -0.39 is 0 Å². The predicted molar refractivity (Wildman–Crippen MR) is 92.7 cm³/mol. The van der Waals surface area contributed by atoms with Crippen LogP contribution in [0.1, 0.15) is 11.3 Å². The van der Waals surface area contributed by atoms with Crippen LogP contribution in [-0.4, -0.2) is 9.55 Å². The summed E-state index contributed by atoms with van der Waals surface area (Å²) in [5.41, 5.74) is 3.17. The van der Waals surface area contributed by atoms with E-state index in [1.54, 1.807) is 0 Å². The molecule has 0 bridgehead atoms. The van der Waals surface area contributed by atoms with E-state index in [0.717, 1.165) is 39.0 Å². The minimum atomic E-state index is 0.691. The Bertz CT molecular complexity index is 984. The largest absolute Gasteiger partial charge is 0.458 e. The number of halogens is 1. The molecule has 0 N–H and O–H groups in total. The zero-order chi connectivity index (χ0) is 15.8. The molecule has 0 saturated heterocycles. The molecule has 23 heavy (non-hydrogen) atoms. The van der Waals surface area contributed by atoms with E-state index in [-0.39, 0.29) is 0 Å². The number of para-hydroxylation sites is 2. The number of fused-ring (bicyclic) bond motifs is 1. The molecular weight excluding hydrogens is 308 g/mol. The molecule has 0 amide bonds. The van der Waals surface area contributed by atoms with Crippen molar-refractivity contribution in [2.45, 2.75) is 13.5 Å². The average Bonchev–Trinajstić information content (AvgIpc) is 3.12. The highest BCUT2D eigenvalue weighted by atomic mass is 35.5. The first-order chi connectivity index (χ1) is 11.2. The number of rotatable bonds is 3. The van der Waals surface area contributed by atoms with Crippen LogP contribution in [0.2, 0.25) is 5.02 Å². The molecule has 0 spiro atoms. The fourth-order valence-corrected chi connectivity index (χ4v) is 3.01. The van der Waals surface area contributed by atoms with Gasteiger partial charge in [-0.25, -0.2) is 4.98 Å². The van der Waals surface area contributed by atoms with Gasteiger partial charge in [-0.1, -0.05) is 35.9 Å². The van der Waals surface area contributed by atoms with Crippen molar-refractivity contribution in [1.29, 1.82) is 0 Å². The zero-order valence-electron chi connectivity index (χ0n) is 12.7. The van der Waals surface area contributed by atoms with Gasteiger partial charge < -0.3 is 8.98 Å². The van der Waals surface area contributed by atoms with Crippen molar-refractivity contribution in [3.63, 3.8) is 0 Å². The topological polar surface area (TPSA) is 31.0 Å². The van der Waals surface area contributed by atoms with Gasteiger partial charge in [0.25, 0.3) is 0 Å². The number of imidazole rings is 1. The molecule has 4 heteroatoms. The number of aromatic nitrogens is 2. The van der Waals surface area contributed by atoms with Gasteiger partial charge in [0.2, 0.25) is 0 Å². The van der Waals surface area contributed by atoms with Crippen LogP contribution in [0.4, 0.5) is 0 Å². The number of benzene rings is 2. The van der Waals surface area contributed by atoms with E-state index in [4.69, 9.17) is 21.0 Å². The number of furan rings is 1. The summed E-state index contributed by atoms with van der Waals surface area (Å²) in [5, 5.41) is 0.738. The van der Waals surface area contributed by atoms with Crippen molar-refractivity contribution in [2.75, 3.05) is 0 Å². The van der Waals surface area contributed by atoms with Crippen LogP contribution in [0.25, 0.3) is 22.6 Å². The molecule has 0 aliphatic heterocycles. The van der Waals surface area contributed by atoms with Gasteiger partial charge in [0.1, 0.15) is 5.76 Å². The Hall–Kier alpha value is -2.52. The van der Waals surface area contributed by atoms with Crippen LogP contribution in [0.15, 0.2) is 65.1 Å². The number of aryl methyl sites for hydroxylation is 1. The lowest BCUT2D eigenvalue weighted by Crippen LogP contribution is -2.01. The summed E-state index contributed by atoms with van der Waals surface area (Å²) >= 11 is 6.12. The molecule has 0 aliphatic rings. The molecule has 0 radical (unpaired) electrons. The number of hydrogen-bond acceptors (Lipinski definition) is 2. The summed E-state index contributed by atoms with van der Waals surface area (Å²) in [5.74, 6) is 2.49. The fourth-order valence-electron chi connectivity index (χ4n) is 2.80. The Morgan fingerprint density at radius 2 is 1.91 bits per heavy atom. The van der Waals surface area contributed by atoms with Crippen molar-refractivity contribution in [1.82, 2.24) is 9.55 Å². The third kappa shape index (κ3) is 2.64. The Kier molecular flexibility index (Phi) is 3.43. The lowest BCUT2D eigenvalue weighted by atomic mass is 10.2. The van der Waals surface area contributed by atoms with Crippen molar-refractivity contribution in [2.24, 2.45) is 0 Å². The predicted octanol–water partition coefficient (Wildman–Crippen LogP) is 5.31. The summed E-state index contributed by atoms with van der Waals surface area (Å²) in [6.07, 6.45) is 0. The van der Waals surface area contributed by atoms with Gasteiger partial charge in [-0.2, -0.15) is 0 Å². The second-order valence-electron chi connectivity index (χ2n) is 5.55. The lowest BCUT2D eigenvalue weighted by molar-refractivity contribution is 0.540. The summed E-state index contributed by atoms with van der Waals surface area (Å²) in [6.45, 7) is 2.63. The van der Waals surface area contributed by atoms with Gasteiger partial charge in [0, 0.05) is 11.6 Å². The Balaban J connectivity index is 1.89. The average molecular weight is 323 g/mol. The fraction of sp³-hybridized carbons (Fsp3) is 0.105. The molecule has 2 aromatic carbocycles. The highest BCUT2D eigenvalue weighted by Crippen LogP contribution is 2.27. The molecule has 0 saturated carbocycles. The van der Waals surface area contributed by atoms with Crippen molar-refractivity contribution in [3.8, 4) is 11.6 Å². The standard InChI is InChI=1S/C19H15ClN2O/c1-13-9-10-18(23-13)19-21-16-7-2-3-8-17(16)22(19)12-14-5-4-6-15(20)11-14/h2-11H,12H2,1H3. The Morgan fingerprint density at radius 1 is 1.04 bits per heavy atom. The van der Waals surface area contributed by atoms with Gasteiger partial charge in [-0.05, 0) is 48.9 Å². The maximum absolute atomic E-state index is 6.12. The first-order valence-corrected chi connectivity index (χ1v) is 7.85. The van der Waals surface area contributed by atoms with Gasteiger partial charge >= 0.3 is 0 Å². The van der Waals surface area contributed by atoms with E-state index in [2.05, 4.69) is 16.7 Å².